The second-order valence-corrected chi connectivity index (χ2v) is 4.75. The first-order valence-electron chi connectivity index (χ1n) is 5.92. The molecule has 17 heavy (non-hydrogen) atoms. The summed E-state index contributed by atoms with van der Waals surface area (Å²) >= 11 is 0. The number of hydrogen-bond acceptors (Lipinski definition) is 4. The Morgan fingerprint density at radius 2 is 2.12 bits per heavy atom. The number of nitrogens with one attached hydrogen (secondary N) is 3. The molecule has 2 aliphatic heterocycles. The van der Waals surface area contributed by atoms with Crippen molar-refractivity contribution in [1.29, 1.82) is 0 Å². The average Bonchev–Trinajstić information content (AvgIpc) is 2.68. The summed E-state index contributed by atoms with van der Waals surface area (Å²) in [6, 6.07) is -0.562. The summed E-state index contributed by atoms with van der Waals surface area (Å²) in [7, 11) is 0. The molecule has 2 rings (SSSR count). The van der Waals surface area contributed by atoms with E-state index in [1.165, 1.54) is 0 Å². The molecule has 0 spiro atoms. The highest BCUT2D eigenvalue weighted by atomic mass is 16.2. The van der Waals surface area contributed by atoms with Crippen LogP contribution in [0.3, 0.4) is 0 Å². The molecule has 3 unspecified atom stereocenters. The second kappa shape index (κ2) is 4.83. The molecule has 6 heteroatoms. The third-order valence-electron chi connectivity index (χ3n) is 3.41. The standard InChI is InChI=1S/C11H17N3O3/c1-6-4-12-5-7(6)10(16)13-8-2-3-9(15)14-11(8)17/h6-8,12H,2-5H2,1H3,(H,13,16)(H,14,15,17). The van der Waals surface area contributed by atoms with Crippen molar-refractivity contribution in [3.05, 3.63) is 0 Å². The Bertz CT molecular complexity index is 356. The second-order valence-electron chi connectivity index (χ2n) is 4.75. The molecule has 0 aromatic carbocycles. The Labute approximate surface area is 99.5 Å². The van der Waals surface area contributed by atoms with Crippen LogP contribution in [0.2, 0.25) is 0 Å². The predicted molar refractivity (Wildman–Crippen MR) is 59.8 cm³/mol. The number of carbonyl (C=O) groups is 3. The number of amides is 3. The zero-order chi connectivity index (χ0) is 12.4. The van der Waals surface area contributed by atoms with Crippen LogP contribution in [-0.4, -0.2) is 36.9 Å². The number of carbonyl (C=O) groups excluding carboxylic acids is 3. The summed E-state index contributed by atoms with van der Waals surface area (Å²) in [6.45, 7) is 3.49. The van der Waals surface area contributed by atoms with Gasteiger partial charge in [-0.3, -0.25) is 19.7 Å². The van der Waals surface area contributed by atoms with Crippen LogP contribution in [0.4, 0.5) is 0 Å². The Morgan fingerprint density at radius 1 is 1.35 bits per heavy atom. The van der Waals surface area contributed by atoms with Gasteiger partial charge < -0.3 is 10.6 Å². The maximum atomic E-state index is 11.9. The van der Waals surface area contributed by atoms with E-state index in [0.29, 0.717) is 13.0 Å². The molecule has 0 aliphatic carbocycles. The van der Waals surface area contributed by atoms with E-state index in [1.54, 1.807) is 0 Å². The van der Waals surface area contributed by atoms with E-state index in [-0.39, 0.29) is 30.1 Å². The Morgan fingerprint density at radius 3 is 2.71 bits per heavy atom. The summed E-state index contributed by atoms with van der Waals surface area (Å²) < 4.78 is 0. The van der Waals surface area contributed by atoms with Crippen LogP contribution in [0, 0.1) is 11.8 Å². The summed E-state index contributed by atoms with van der Waals surface area (Å²) in [5.74, 6) is -0.565. The quantitative estimate of drug-likeness (QED) is 0.526. The third kappa shape index (κ3) is 2.63. The highest BCUT2D eigenvalue weighted by Gasteiger charge is 2.33. The van der Waals surface area contributed by atoms with E-state index >= 15 is 0 Å². The lowest BCUT2D eigenvalue weighted by atomic mass is 9.96. The van der Waals surface area contributed by atoms with Gasteiger partial charge in [-0.05, 0) is 18.9 Å². The molecule has 2 fully saturated rings. The van der Waals surface area contributed by atoms with Gasteiger partial charge in [-0.1, -0.05) is 6.92 Å². The molecule has 0 saturated carbocycles. The van der Waals surface area contributed by atoms with Crippen LogP contribution in [0.15, 0.2) is 0 Å². The van der Waals surface area contributed by atoms with Gasteiger partial charge in [-0.15, -0.1) is 0 Å². The van der Waals surface area contributed by atoms with Gasteiger partial charge in [0.1, 0.15) is 6.04 Å². The van der Waals surface area contributed by atoms with Gasteiger partial charge >= 0.3 is 0 Å². The van der Waals surface area contributed by atoms with E-state index in [4.69, 9.17) is 0 Å². The number of piperidine rings is 1. The average molecular weight is 239 g/mol. The van der Waals surface area contributed by atoms with Gasteiger partial charge in [0.2, 0.25) is 17.7 Å². The minimum Gasteiger partial charge on any atom is -0.344 e. The van der Waals surface area contributed by atoms with Gasteiger partial charge in [0, 0.05) is 13.0 Å². The van der Waals surface area contributed by atoms with E-state index in [9.17, 15) is 14.4 Å². The first-order chi connectivity index (χ1) is 8.08. The van der Waals surface area contributed by atoms with Crippen molar-refractivity contribution >= 4 is 17.7 Å². The van der Waals surface area contributed by atoms with E-state index < -0.39 is 11.9 Å². The van der Waals surface area contributed by atoms with Crippen molar-refractivity contribution in [3.63, 3.8) is 0 Å². The molecule has 0 radical (unpaired) electrons. The minimum absolute atomic E-state index is 0.0829. The molecule has 3 N–H and O–H groups in total. The van der Waals surface area contributed by atoms with Crippen LogP contribution < -0.4 is 16.0 Å². The van der Waals surface area contributed by atoms with Crippen molar-refractivity contribution in [3.8, 4) is 0 Å². The molecule has 0 aromatic rings. The topological polar surface area (TPSA) is 87.3 Å². The van der Waals surface area contributed by atoms with Crippen molar-refractivity contribution in [1.82, 2.24) is 16.0 Å². The van der Waals surface area contributed by atoms with E-state index in [0.717, 1.165) is 6.54 Å². The van der Waals surface area contributed by atoms with E-state index in [2.05, 4.69) is 16.0 Å². The lowest BCUT2D eigenvalue weighted by Crippen LogP contribution is -2.53. The molecule has 2 aliphatic rings. The fraction of sp³-hybridized carbons (Fsp3) is 0.727. The third-order valence-corrected chi connectivity index (χ3v) is 3.41. The van der Waals surface area contributed by atoms with Crippen molar-refractivity contribution < 1.29 is 14.4 Å². The number of hydrogen-bond donors (Lipinski definition) is 3. The van der Waals surface area contributed by atoms with Gasteiger partial charge in [-0.2, -0.15) is 0 Å². The summed E-state index contributed by atoms with van der Waals surface area (Å²) in [5, 5.41) is 8.09. The maximum Gasteiger partial charge on any atom is 0.249 e. The number of rotatable bonds is 2. The monoisotopic (exact) mass is 239 g/mol. The summed E-state index contributed by atoms with van der Waals surface area (Å²) in [4.78, 5) is 34.4. The fourth-order valence-corrected chi connectivity index (χ4v) is 2.27. The summed E-state index contributed by atoms with van der Waals surface area (Å²) in [5.41, 5.74) is 0. The highest BCUT2D eigenvalue weighted by Crippen LogP contribution is 2.16. The molecular weight excluding hydrogens is 222 g/mol. The Hall–Kier alpha value is -1.43. The predicted octanol–water partition coefficient (Wildman–Crippen LogP) is -1.24. The first-order valence-corrected chi connectivity index (χ1v) is 5.92. The Balaban J connectivity index is 1.90. The molecular formula is C11H17N3O3. The molecule has 3 atom stereocenters. The Kier molecular flexibility index (Phi) is 3.42. The van der Waals surface area contributed by atoms with Gasteiger partial charge in [0.15, 0.2) is 0 Å². The molecule has 6 nitrogen and oxygen atoms in total. The van der Waals surface area contributed by atoms with Crippen LogP contribution in [0.1, 0.15) is 19.8 Å². The fourth-order valence-electron chi connectivity index (χ4n) is 2.27. The normalized spacial score (nSPS) is 33.4. The van der Waals surface area contributed by atoms with Crippen molar-refractivity contribution in [2.75, 3.05) is 13.1 Å². The number of imide groups is 1. The molecule has 94 valence electrons. The van der Waals surface area contributed by atoms with Crippen LogP contribution in [0.5, 0.6) is 0 Å². The first kappa shape index (κ1) is 12.0. The largest absolute Gasteiger partial charge is 0.344 e. The maximum absolute atomic E-state index is 11.9. The molecule has 0 aromatic heterocycles. The van der Waals surface area contributed by atoms with Crippen LogP contribution >= 0.6 is 0 Å². The van der Waals surface area contributed by atoms with Gasteiger partial charge in [0.25, 0.3) is 0 Å². The molecule has 0 bridgehead atoms. The lowest BCUT2D eigenvalue weighted by molar-refractivity contribution is -0.138. The molecule has 2 saturated heterocycles. The molecule has 3 amide bonds. The summed E-state index contributed by atoms with van der Waals surface area (Å²) in [6.07, 6.45) is 0.681. The SMILES string of the molecule is CC1CNCC1C(=O)NC1CCC(=O)NC1=O. The highest BCUT2D eigenvalue weighted by molar-refractivity contribution is 6.01. The van der Waals surface area contributed by atoms with Crippen molar-refractivity contribution in [2.45, 2.75) is 25.8 Å². The van der Waals surface area contributed by atoms with E-state index in [1.807, 2.05) is 6.92 Å². The minimum atomic E-state index is -0.562. The zero-order valence-corrected chi connectivity index (χ0v) is 9.79. The zero-order valence-electron chi connectivity index (χ0n) is 9.79. The van der Waals surface area contributed by atoms with Crippen molar-refractivity contribution in [2.24, 2.45) is 11.8 Å². The lowest BCUT2D eigenvalue weighted by Gasteiger charge is -2.24. The smallest absolute Gasteiger partial charge is 0.249 e. The van der Waals surface area contributed by atoms with Crippen LogP contribution in [-0.2, 0) is 14.4 Å². The van der Waals surface area contributed by atoms with Gasteiger partial charge in [0.05, 0.1) is 5.92 Å². The van der Waals surface area contributed by atoms with Crippen LogP contribution in [0.25, 0.3) is 0 Å². The van der Waals surface area contributed by atoms with Gasteiger partial charge in [-0.25, -0.2) is 0 Å². The molecule has 2 heterocycles.